The standard InChI is InChI=1S/C29H41N7O6S/c1-5-7-23-25-26(32-36(23)20(3)29(38)34-14-17-41-18-15-34)28(37)31-27(30-25)22-19-21(8-9-24(22)42-16-6-2)43(39,40)35-12-10-33(4)11-13-35/h8-9,19-20H,5-7,10-18H2,1-4H3,(H,30,31,37)/t20-/m1/s1. The van der Waals surface area contributed by atoms with E-state index < -0.39 is 21.6 Å². The number of hydrogen-bond acceptors (Lipinski definition) is 9. The highest BCUT2D eigenvalue weighted by molar-refractivity contribution is 7.89. The number of amides is 1. The smallest absolute Gasteiger partial charge is 0.279 e. The van der Waals surface area contributed by atoms with Crippen molar-refractivity contribution in [3.8, 4) is 17.1 Å². The molecular weight excluding hydrogens is 574 g/mol. The van der Waals surface area contributed by atoms with Gasteiger partial charge in [0.05, 0.1) is 36.0 Å². The van der Waals surface area contributed by atoms with E-state index in [1.807, 2.05) is 20.9 Å². The predicted molar refractivity (Wildman–Crippen MR) is 162 cm³/mol. The predicted octanol–water partition coefficient (Wildman–Crippen LogP) is 1.88. The largest absolute Gasteiger partial charge is 0.493 e. The van der Waals surface area contributed by atoms with Crippen LogP contribution < -0.4 is 10.3 Å². The molecule has 2 aromatic heterocycles. The van der Waals surface area contributed by atoms with E-state index in [4.69, 9.17) is 14.5 Å². The van der Waals surface area contributed by atoms with Gasteiger partial charge in [0.15, 0.2) is 5.52 Å². The Bertz CT molecular complexity index is 1620. The third kappa shape index (κ3) is 6.33. The van der Waals surface area contributed by atoms with E-state index in [1.54, 1.807) is 22.6 Å². The number of piperazine rings is 1. The molecule has 0 saturated carbocycles. The minimum atomic E-state index is -3.79. The van der Waals surface area contributed by atoms with Crippen LogP contribution in [0.5, 0.6) is 5.75 Å². The molecule has 3 aromatic rings. The Labute approximate surface area is 251 Å². The zero-order valence-corrected chi connectivity index (χ0v) is 26.2. The zero-order chi connectivity index (χ0) is 30.7. The second kappa shape index (κ2) is 13.1. The molecule has 234 valence electrons. The number of hydrogen-bond donors (Lipinski definition) is 1. The van der Waals surface area contributed by atoms with Crippen LogP contribution in [0.15, 0.2) is 27.9 Å². The van der Waals surface area contributed by atoms with Crippen molar-refractivity contribution in [3.63, 3.8) is 0 Å². The minimum Gasteiger partial charge on any atom is -0.493 e. The summed E-state index contributed by atoms with van der Waals surface area (Å²) < 4.78 is 41.7. The molecule has 2 aliphatic heterocycles. The number of benzene rings is 1. The lowest BCUT2D eigenvalue weighted by Gasteiger charge is -2.31. The Morgan fingerprint density at radius 2 is 1.79 bits per heavy atom. The number of ether oxygens (including phenoxy) is 2. The first-order valence-electron chi connectivity index (χ1n) is 15.0. The van der Waals surface area contributed by atoms with Crippen molar-refractivity contribution in [1.29, 1.82) is 0 Å². The topological polar surface area (TPSA) is 143 Å². The number of aromatic amines is 1. The first kappa shape index (κ1) is 31.1. The average molecular weight is 616 g/mol. The summed E-state index contributed by atoms with van der Waals surface area (Å²) in [5.74, 6) is 0.507. The van der Waals surface area contributed by atoms with Crippen molar-refractivity contribution in [2.75, 3.05) is 66.1 Å². The lowest BCUT2D eigenvalue weighted by molar-refractivity contribution is -0.138. The Morgan fingerprint density at radius 3 is 2.47 bits per heavy atom. The van der Waals surface area contributed by atoms with Crippen LogP contribution in [-0.4, -0.2) is 114 Å². The number of sulfonamides is 1. The number of likely N-dealkylation sites (N-methyl/N-ethyl adjacent to an activating group) is 1. The highest BCUT2D eigenvalue weighted by Gasteiger charge is 2.30. The monoisotopic (exact) mass is 615 g/mol. The summed E-state index contributed by atoms with van der Waals surface area (Å²) in [6, 6.07) is 4.05. The first-order chi connectivity index (χ1) is 20.6. The molecule has 13 nitrogen and oxygen atoms in total. The number of fused-ring (bicyclic) bond motifs is 1. The number of nitrogens with one attached hydrogen (secondary N) is 1. The van der Waals surface area contributed by atoms with E-state index in [-0.39, 0.29) is 22.1 Å². The van der Waals surface area contributed by atoms with Crippen LogP contribution >= 0.6 is 0 Å². The second-order valence-corrected chi connectivity index (χ2v) is 13.0. The number of aryl methyl sites for hydroxylation is 1. The van der Waals surface area contributed by atoms with Crippen LogP contribution in [0.2, 0.25) is 0 Å². The van der Waals surface area contributed by atoms with Crippen molar-refractivity contribution in [1.82, 2.24) is 33.9 Å². The van der Waals surface area contributed by atoms with E-state index in [0.717, 1.165) is 12.8 Å². The molecule has 1 N–H and O–H groups in total. The van der Waals surface area contributed by atoms with Crippen LogP contribution in [0, 0.1) is 0 Å². The van der Waals surface area contributed by atoms with E-state index in [0.29, 0.717) is 88.0 Å². The summed E-state index contributed by atoms with van der Waals surface area (Å²) in [6.07, 6.45) is 2.03. The van der Waals surface area contributed by atoms with Crippen LogP contribution in [-0.2, 0) is 26.0 Å². The normalized spacial score (nSPS) is 17.8. The maximum absolute atomic E-state index is 13.6. The molecule has 1 amide bonds. The highest BCUT2D eigenvalue weighted by Crippen LogP contribution is 2.33. The van der Waals surface area contributed by atoms with Gasteiger partial charge >= 0.3 is 0 Å². The number of aromatic nitrogens is 4. The van der Waals surface area contributed by atoms with Crippen LogP contribution in [0.3, 0.4) is 0 Å². The van der Waals surface area contributed by atoms with Gasteiger partial charge in [0.25, 0.3) is 5.56 Å². The van der Waals surface area contributed by atoms with E-state index in [1.165, 1.54) is 16.4 Å². The van der Waals surface area contributed by atoms with Crippen LogP contribution in [0.1, 0.15) is 45.3 Å². The number of H-pyrrole nitrogens is 1. The number of morpholine rings is 1. The summed E-state index contributed by atoms with van der Waals surface area (Å²) in [6.45, 7) is 10.2. The van der Waals surface area contributed by atoms with E-state index >= 15 is 0 Å². The van der Waals surface area contributed by atoms with Gasteiger partial charge in [-0.3, -0.25) is 14.3 Å². The van der Waals surface area contributed by atoms with Gasteiger partial charge < -0.3 is 24.3 Å². The van der Waals surface area contributed by atoms with Crippen molar-refractivity contribution < 1.29 is 22.7 Å². The van der Waals surface area contributed by atoms with Gasteiger partial charge in [-0.1, -0.05) is 20.3 Å². The van der Waals surface area contributed by atoms with Crippen LogP contribution in [0.4, 0.5) is 0 Å². The fourth-order valence-corrected chi connectivity index (χ4v) is 6.93. The average Bonchev–Trinajstić information content (AvgIpc) is 3.38. The van der Waals surface area contributed by atoms with Crippen LogP contribution in [0.25, 0.3) is 22.4 Å². The van der Waals surface area contributed by atoms with Gasteiger partial charge in [-0.2, -0.15) is 9.40 Å². The SMILES string of the molecule is CCCOc1ccc(S(=O)(=O)N2CCN(C)CC2)cc1-c1nc2c(CCC)n([C@H](C)C(=O)N3CCOCC3)nc2c(=O)[nH]1. The summed E-state index contributed by atoms with van der Waals surface area (Å²) >= 11 is 0. The highest BCUT2D eigenvalue weighted by atomic mass is 32.2. The Morgan fingerprint density at radius 1 is 1.07 bits per heavy atom. The van der Waals surface area contributed by atoms with Gasteiger partial charge in [-0.25, -0.2) is 13.4 Å². The van der Waals surface area contributed by atoms with Gasteiger partial charge in [-0.05, 0) is 45.0 Å². The van der Waals surface area contributed by atoms with E-state index in [9.17, 15) is 18.0 Å². The molecule has 43 heavy (non-hydrogen) atoms. The third-order valence-corrected chi connectivity index (χ3v) is 9.85. The molecule has 1 atom stereocenters. The van der Waals surface area contributed by atoms with Gasteiger partial charge in [0, 0.05) is 39.3 Å². The summed E-state index contributed by atoms with van der Waals surface area (Å²) in [7, 11) is -1.82. The molecular formula is C29H41N7O6S. The number of carbonyl (C=O) groups is 1. The van der Waals surface area contributed by atoms with Gasteiger partial charge in [0.1, 0.15) is 23.1 Å². The van der Waals surface area contributed by atoms with Crippen molar-refractivity contribution in [3.05, 3.63) is 34.2 Å². The molecule has 2 fully saturated rings. The lowest BCUT2D eigenvalue weighted by Crippen LogP contribution is -2.47. The number of nitrogens with zero attached hydrogens (tertiary/aromatic N) is 6. The fourth-order valence-electron chi connectivity index (χ4n) is 5.48. The van der Waals surface area contributed by atoms with Crippen molar-refractivity contribution >= 4 is 27.0 Å². The molecule has 2 saturated heterocycles. The quantitative estimate of drug-likeness (QED) is 0.362. The molecule has 0 aliphatic carbocycles. The third-order valence-electron chi connectivity index (χ3n) is 7.95. The molecule has 14 heteroatoms. The molecule has 1 aromatic carbocycles. The Kier molecular flexibility index (Phi) is 9.49. The molecule has 4 heterocycles. The Hall–Kier alpha value is -3.33. The lowest BCUT2D eigenvalue weighted by atomic mass is 10.1. The minimum absolute atomic E-state index is 0.0952. The van der Waals surface area contributed by atoms with Gasteiger partial charge in [-0.15, -0.1) is 0 Å². The maximum Gasteiger partial charge on any atom is 0.279 e. The Balaban J connectivity index is 1.60. The zero-order valence-electron chi connectivity index (χ0n) is 25.3. The summed E-state index contributed by atoms with van der Waals surface area (Å²) in [4.78, 5) is 38.4. The maximum atomic E-state index is 13.6. The molecule has 0 radical (unpaired) electrons. The summed E-state index contributed by atoms with van der Waals surface area (Å²) in [5, 5.41) is 4.57. The number of carbonyl (C=O) groups excluding carboxylic acids is 1. The van der Waals surface area contributed by atoms with Gasteiger partial charge in [0.2, 0.25) is 15.9 Å². The first-order valence-corrected chi connectivity index (χ1v) is 16.4. The molecule has 0 spiro atoms. The number of rotatable bonds is 10. The molecule has 5 rings (SSSR count). The second-order valence-electron chi connectivity index (χ2n) is 11.1. The molecule has 2 aliphatic rings. The summed E-state index contributed by atoms with van der Waals surface area (Å²) in [5.41, 5.74) is 1.09. The van der Waals surface area contributed by atoms with Crippen molar-refractivity contribution in [2.45, 2.75) is 51.0 Å². The van der Waals surface area contributed by atoms with Crippen molar-refractivity contribution in [2.24, 2.45) is 0 Å². The fraction of sp³-hybridized carbons (Fsp3) is 0.586. The van der Waals surface area contributed by atoms with E-state index in [2.05, 4.69) is 15.0 Å². The molecule has 0 bridgehead atoms. The molecule has 0 unspecified atom stereocenters.